The van der Waals surface area contributed by atoms with Crippen molar-refractivity contribution in [3.8, 4) is 0 Å². The number of amides is 1. The van der Waals surface area contributed by atoms with Crippen LogP contribution in [0.25, 0.3) is 10.9 Å². The molecule has 26 heavy (non-hydrogen) atoms. The fourth-order valence-electron chi connectivity index (χ4n) is 2.54. The Morgan fingerprint density at radius 3 is 2.81 bits per heavy atom. The number of aromatic nitrogens is 4. The van der Waals surface area contributed by atoms with Crippen molar-refractivity contribution < 1.29 is 9.32 Å². The minimum absolute atomic E-state index is 0.110. The third-order valence-corrected chi connectivity index (χ3v) is 4.08. The van der Waals surface area contributed by atoms with Gasteiger partial charge in [-0.1, -0.05) is 31.1 Å². The molecule has 0 aliphatic rings. The highest BCUT2D eigenvalue weighted by Crippen LogP contribution is 2.12. The predicted octanol–water partition coefficient (Wildman–Crippen LogP) is 1.95. The molecule has 0 radical (unpaired) electrons. The van der Waals surface area contributed by atoms with E-state index in [2.05, 4.69) is 15.1 Å². The van der Waals surface area contributed by atoms with Crippen molar-refractivity contribution in [3.05, 3.63) is 52.7 Å². The maximum Gasteiger partial charge on any atom is 0.261 e. The van der Waals surface area contributed by atoms with Crippen LogP contribution in [0.2, 0.25) is 0 Å². The minimum Gasteiger partial charge on any atom is -0.339 e. The van der Waals surface area contributed by atoms with Crippen molar-refractivity contribution in [3.63, 3.8) is 0 Å². The molecule has 8 nitrogen and oxygen atoms in total. The van der Waals surface area contributed by atoms with Gasteiger partial charge in [-0.2, -0.15) is 4.98 Å². The van der Waals surface area contributed by atoms with Gasteiger partial charge in [-0.25, -0.2) is 4.98 Å². The molecule has 1 amide bonds. The van der Waals surface area contributed by atoms with Gasteiger partial charge in [0, 0.05) is 25.9 Å². The first kappa shape index (κ1) is 17.8. The second-order valence-electron chi connectivity index (χ2n) is 6.46. The molecule has 0 atom stereocenters. The molecule has 8 heteroatoms. The molecule has 0 fully saturated rings. The lowest BCUT2D eigenvalue weighted by molar-refractivity contribution is -0.130. The van der Waals surface area contributed by atoms with Gasteiger partial charge in [0.25, 0.3) is 5.56 Å². The predicted molar refractivity (Wildman–Crippen MR) is 95.5 cm³/mol. The van der Waals surface area contributed by atoms with Crippen molar-refractivity contribution in [2.45, 2.75) is 39.3 Å². The molecule has 2 heterocycles. The summed E-state index contributed by atoms with van der Waals surface area (Å²) in [5, 5.41) is 4.43. The number of hydrogen-bond acceptors (Lipinski definition) is 6. The topological polar surface area (TPSA) is 94.1 Å². The quantitative estimate of drug-likeness (QED) is 0.671. The number of fused-ring (bicyclic) bond motifs is 1. The molecule has 3 aromatic rings. The number of benzene rings is 1. The lowest BCUT2D eigenvalue weighted by Gasteiger charge is -2.15. The number of carbonyl (C=O) groups is 1. The minimum atomic E-state index is -0.147. The summed E-state index contributed by atoms with van der Waals surface area (Å²) in [7, 11) is 1.68. The second-order valence-corrected chi connectivity index (χ2v) is 6.46. The van der Waals surface area contributed by atoms with E-state index < -0.39 is 0 Å². The van der Waals surface area contributed by atoms with Gasteiger partial charge in [0.05, 0.1) is 23.8 Å². The zero-order valence-electron chi connectivity index (χ0n) is 15.0. The summed E-state index contributed by atoms with van der Waals surface area (Å²) in [5.74, 6) is 1.05. The average Bonchev–Trinajstić information content (AvgIpc) is 3.10. The van der Waals surface area contributed by atoms with Gasteiger partial charge in [0.15, 0.2) is 5.82 Å². The Hall–Kier alpha value is -3.03. The van der Waals surface area contributed by atoms with E-state index in [1.54, 1.807) is 25.2 Å². The number of hydrogen-bond donors (Lipinski definition) is 0. The fourth-order valence-corrected chi connectivity index (χ4v) is 2.54. The van der Waals surface area contributed by atoms with Gasteiger partial charge >= 0.3 is 0 Å². The molecule has 1 aromatic carbocycles. The van der Waals surface area contributed by atoms with Crippen LogP contribution < -0.4 is 5.56 Å². The molecular formula is C18H21N5O3. The first-order chi connectivity index (χ1) is 12.5. The van der Waals surface area contributed by atoms with E-state index in [-0.39, 0.29) is 36.9 Å². The Kier molecular flexibility index (Phi) is 5.11. The van der Waals surface area contributed by atoms with Crippen LogP contribution in [0, 0.1) is 0 Å². The number of rotatable bonds is 6. The van der Waals surface area contributed by atoms with E-state index in [0.717, 1.165) is 0 Å². The Balaban J connectivity index is 1.63. The summed E-state index contributed by atoms with van der Waals surface area (Å²) in [5.41, 5.74) is 0.501. The van der Waals surface area contributed by atoms with Crippen molar-refractivity contribution in [2.24, 2.45) is 0 Å². The summed E-state index contributed by atoms with van der Waals surface area (Å²) in [6, 6.07) is 7.15. The van der Waals surface area contributed by atoms with E-state index in [4.69, 9.17) is 4.52 Å². The van der Waals surface area contributed by atoms with E-state index in [0.29, 0.717) is 22.6 Å². The zero-order valence-corrected chi connectivity index (χ0v) is 15.0. The summed E-state index contributed by atoms with van der Waals surface area (Å²) in [6.45, 7) is 4.45. The second kappa shape index (κ2) is 7.47. The van der Waals surface area contributed by atoms with Gasteiger partial charge in [0.2, 0.25) is 11.8 Å². The normalized spacial score (nSPS) is 11.2. The Morgan fingerprint density at radius 2 is 2.08 bits per heavy atom. The van der Waals surface area contributed by atoms with Crippen LogP contribution in [-0.2, 0) is 17.9 Å². The van der Waals surface area contributed by atoms with Crippen LogP contribution in [-0.4, -0.2) is 37.5 Å². The molecule has 0 aliphatic heterocycles. The molecule has 0 unspecified atom stereocenters. The molecule has 0 N–H and O–H groups in total. The highest BCUT2D eigenvalue weighted by atomic mass is 16.5. The maximum atomic E-state index is 12.4. The maximum absolute atomic E-state index is 12.4. The summed E-state index contributed by atoms with van der Waals surface area (Å²) in [6.07, 6.45) is 1.66. The molecule has 0 saturated carbocycles. The van der Waals surface area contributed by atoms with Gasteiger partial charge in [-0.3, -0.25) is 14.2 Å². The van der Waals surface area contributed by atoms with Gasteiger partial charge in [0.1, 0.15) is 0 Å². The molecule has 0 aliphatic carbocycles. The molecule has 0 bridgehead atoms. The van der Waals surface area contributed by atoms with Crippen LogP contribution in [0.4, 0.5) is 0 Å². The first-order valence-corrected chi connectivity index (χ1v) is 8.46. The van der Waals surface area contributed by atoms with E-state index >= 15 is 0 Å². The smallest absolute Gasteiger partial charge is 0.261 e. The molecule has 0 spiro atoms. The zero-order chi connectivity index (χ0) is 18.7. The van der Waals surface area contributed by atoms with Crippen molar-refractivity contribution in [1.29, 1.82) is 0 Å². The molecule has 2 aromatic heterocycles. The summed E-state index contributed by atoms with van der Waals surface area (Å²) in [4.78, 5) is 34.8. The van der Waals surface area contributed by atoms with Crippen molar-refractivity contribution >= 4 is 16.8 Å². The number of carbonyl (C=O) groups excluding carboxylic acids is 1. The lowest BCUT2D eigenvalue weighted by Crippen LogP contribution is -2.29. The van der Waals surface area contributed by atoms with E-state index in [9.17, 15) is 9.59 Å². The van der Waals surface area contributed by atoms with E-state index in [1.165, 1.54) is 15.8 Å². The van der Waals surface area contributed by atoms with Gasteiger partial charge in [-0.15, -0.1) is 0 Å². The SMILES string of the molecule is CC(C)c1nc(CN(C)C(=O)CCn2cnc3ccccc3c2=O)no1. The van der Waals surface area contributed by atoms with E-state index in [1.807, 2.05) is 19.9 Å². The molecule has 0 saturated heterocycles. The molecular weight excluding hydrogens is 334 g/mol. The summed E-state index contributed by atoms with van der Waals surface area (Å²) >= 11 is 0. The standard InChI is InChI=1S/C18H21N5O3/c1-12(2)17-20-15(21-26-17)10-22(3)16(24)8-9-23-11-19-14-7-5-4-6-13(14)18(23)25/h4-7,11-12H,8-10H2,1-3H3. The van der Waals surface area contributed by atoms with Crippen LogP contribution in [0.3, 0.4) is 0 Å². The third kappa shape index (κ3) is 3.79. The van der Waals surface area contributed by atoms with Crippen LogP contribution >= 0.6 is 0 Å². The third-order valence-electron chi connectivity index (χ3n) is 4.08. The van der Waals surface area contributed by atoms with Gasteiger partial charge < -0.3 is 9.42 Å². The largest absolute Gasteiger partial charge is 0.339 e. The average molecular weight is 355 g/mol. The van der Waals surface area contributed by atoms with Crippen molar-refractivity contribution in [2.75, 3.05) is 7.05 Å². The van der Waals surface area contributed by atoms with Crippen LogP contribution in [0.15, 0.2) is 39.9 Å². The van der Waals surface area contributed by atoms with Crippen molar-refractivity contribution in [1.82, 2.24) is 24.6 Å². The highest BCUT2D eigenvalue weighted by Gasteiger charge is 2.15. The van der Waals surface area contributed by atoms with Gasteiger partial charge in [-0.05, 0) is 12.1 Å². The van der Waals surface area contributed by atoms with Crippen LogP contribution in [0.1, 0.15) is 37.9 Å². The number of aryl methyl sites for hydroxylation is 1. The Labute approximate surface area is 150 Å². The Bertz CT molecular complexity index is 976. The number of nitrogens with zero attached hydrogens (tertiary/aromatic N) is 5. The molecule has 136 valence electrons. The summed E-state index contributed by atoms with van der Waals surface area (Å²) < 4.78 is 6.60. The Morgan fingerprint density at radius 1 is 1.31 bits per heavy atom. The highest BCUT2D eigenvalue weighted by molar-refractivity contribution is 5.77. The monoisotopic (exact) mass is 355 g/mol. The fraction of sp³-hybridized carbons (Fsp3) is 0.389. The number of para-hydroxylation sites is 1. The molecule has 3 rings (SSSR count). The first-order valence-electron chi connectivity index (χ1n) is 8.46. The van der Waals surface area contributed by atoms with Crippen LogP contribution in [0.5, 0.6) is 0 Å². The lowest BCUT2D eigenvalue weighted by atomic mass is 10.2.